The van der Waals surface area contributed by atoms with Crippen LogP contribution in [0.4, 0.5) is 27.6 Å². The molecule has 0 saturated heterocycles. The van der Waals surface area contributed by atoms with E-state index in [0.717, 1.165) is 13.0 Å². The zero-order chi connectivity index (χ0) is 26.8. The molecular weight excluding hydrogens is 509 g/mol. The van der Waals surface area contributed by atoms with Gasteiger partial charge in [-0.3, -0.25) is 9.52 Å². The third kappa shape index (κ3) is 5.30. The Morgan fingerprint density at radius 3 is 2.53 bits per heavy atom. The van der Waals surface area contributed by atoms with Gasteiger partial charge in [-0.25, -0.2) is 22.2 Å². The first-order chi connectivity index (χ1) is 16.8. The lowest BCUT2D eigenvalue weighted by Gasteiger charge is -2.12. The molecule has 0 aliphatic rings. The van der Waals surface area contributed by atoms with Crippen LogP contribution in [0, 0.1) is 11.6 Å². The number of methoxy groups -OCH3 is 1. The van der Waals surface area contributed by atoms with Gasteiger partial charge in [-0.05, 0) is 37.3 Å². The van der Waals surface area contributed by atoms with E-state index in [2.05, 4.69) is 16.5 Å². The van der Waals surface area contributed by atoms with Crippen molar-refractivity contribution in [3.05, 3.63) is 88.6 Å². The lowest BCUT2D eigenvalue weighted by Crippen LogP contribution is -2.17. The number of benzene rings is 1. The van der Waals surface area contributed by atoms with Crippen molar-refractivity contribution in [2.24, 2.45) is 0 Å². The maximum atomic E-state index is 15.2. The number of allylic oxidation sites excluding steroid dienone is 5. The van der Waals surface area contributed by atoms with Crippen molar-refractivity contribution in [1.29, 1.82) is 0 Å². The van der Waals surface area contributed by atoms with Gasteiger partial charge in [0.25, 0.3) is 10.0 Å². The first-order valence-electron chi connectivity index (χ1n) is 9.95. The Morgan fingerprint density at radius 1 is 1.22 bits per heavy atom. The van der Waals surface area contributed by atoms with E-state index in [-0.39, 0.29) is 22.3 Å². The molecule has 0 aliphatic carbocycles. The summed E-state index contributed by atoms with van der Waals surface area (Å²) in [5, 5.41) is 0.206. The standard InChI is InChI=1S/C23H18F5N3O4S/c1-4-13(23(26,27)28)6-5-12(2)36(33,34)31-18-8-7-17(24)19(20(18)25)21(32)16-11-30-22-15(16)9-14(35-3)10-29-22/h4-11,31H,1H2,2-3H3,(H,29,30)/b12-5+,13-6+. The molecule has 0 aliphatic heterocycles. The summed E-state index contributed by atoms with van der Waals surface area (Å²) in [4.78, 5) is 19.1. The van der Waals surface area contributed by atoms with Crippen molar-refractivity contribution >= 4 is 32.5 Å². The highest BCUT2D eigenvalue weighted by Crippen LogP contribution is 2.30. The molecule has 0 radical (unpaired) electrons. The molecule has 2 N–H and O–H groups in total. The summed E-state index contributed by atoms with van der Waals surface area (Å²) >= 11 is 0. The third-order valence-electron chi connectivity index (χ3n) is 5.02. The first kappa shape index (κ1) is 26.6. The monoisotopic (exact) mass is 527 g/mol. The van der Waals surface area contributed by atoms with E-state index in [4.69, 9.17) is 4.74 Å². The number of H-pyrrole nitrogens is 1. The number of ketones is 1. The molecule has 0 spiro atoms. The molecule has 0 fully saturated rings. The molecule has 36 heavy (non-hydrogen) atoms. The molecule has 0 atom stereocenters. The zero-order valence-electron chi connectivity index (χ0n) is 18.7. The number of hydrogen-bond acceptors (Lipinski definition) is 5. The summed E-state index contributed by atoms with van der Waals surface area (Å²) in [5.74, 6) is -3.61. The number of alkyl halides is 3. The Bertz CT molecular complexity index is 1520. The number of nitrogens with zero attached hydrogens (tertiary/aromatic N) is 1. The smallest absolute Gasteiger partial charge is 0.416 e. The topological polar surface area (TPSA) is 101 Å². The van der Waals surface area contributed by atoms with Crippen molar-refractivity contribution in [2.45, 2.75) is 13.1 Å². The van der Waals surface area contributed by atoms with Crippen LogP contribution in [0.3, 0.4) is 0 Å². The summed E-state index contributed by atoms with van der Waals surface area (Å²) in [6.45, 7) is 3.99. The van der Waals surface area contributed by atoms with E-state index >= 15 is 4.39 Å². The van der Waals surface area contributed by atoms with Gasteiger partial charge in [-0.2, -0.15) is 13.2 Å². The average Bonchev–Trinajstić information content (AvgIpc) is 3.23. The Labute approximate surface area is 202 Å². The molecule has 190 valence electrons. The summed E-state index contributed by atoms with van der Waals surface area (Å²) in [5.41, 5.74) is -2.95. The van der Waals surface area contributed by atoms with Gasteiger partial charge in [0.05, 0.1) is 35.0 Å². The van der Waals surface area contributed by atoms with Gasteiger partial charge < -0.3 is 9.72 Å². The van der Waals surface area contributed by atoms with Gasteiger partial charge in [-0.15, -0.1) is 0 Å². The molecule has 0 saturated carbocycles. The number of carbonyl (C=O) groups is 1. The number of nitrogens with one attached hydrogen (secondary N) is 2. The van der Waals surface area contributed by atoms with Crippen LogP contribution in [0.25, 0.3) is 11.0 Å². The van der Waals surface area contributed by atoms with E-state index in [0.29, 0.717) is 24.3 Å². The molecule has 3 aromatic rings. The van der Waals surface area contributed by atoms with Gasteiger partial charge in [0.15, 0.2) is 5.82 Å². The summed E-state index contributed by atoms with van der Waals surface area (Å²) in [6.07, 6.45) is -0.593. The van der Waals surface area contributed by atoms with Gasteiger partial charge >= 0.3 is 6.18 Å². The highest BCUT2D eigenvalue weighted by molar-refractivity contribution is 7.96. The van der Waals surface area contributed by atoms with Crippen LogP contribution in [0.2, 0.25) is 0 Å². The number of pyridine rings is 1. The number of carbonyl (C=O) groups excluding carboxylic acids is 1. The second-order valence-corrected chi connectivity index (χ2v) is 9.15. The van der Waals surface area contributed by atoms with Crippen LogP contribution in [0.5, 0.6) is 5.75 Å². The maximum Gasteiger partial charge on any atom is 0.416 e. The van der Waals surface area contributed by atoms with E-state index in [1.54, 1.807) is 0 Å². The number of aromatic amines is 1. The predicted molar refractivity (Wildman–Crippen MR) is 123 cm³/mol. The second kappa shape index (κ2) is 9.93. The van der Waals surface area contributed by atoms with Crippen LogP contribution < -0.4 is 9.46 Å². The number of hydrogen-bond donors (Lipinski definition) is 2. The van der Waals surface area contributed by atoms with Crippen LogP contribution >= 0.6 is 0 Å². The summed E-state index contributed by atoms with van der Waals surface area (Å²) in [7, 11) is -3.22. The minimum absolute atomic E-state index is 0.153. The van der Waals surface area contributed by atoms with Crippen molar-refractivity contribution in [3.63, 3.8) is 0 Å². The zero-order valence-corrected chi connectivity index (χ0v) is 19.5. The number of fused-ring (bicyclic) bond motifs is 1. The Hall–Kier alpha value is -4.00. The molecular formula is C23H18F5N3O4S. The van der Waals surface area contributed by atoms with Crippen LogP contribution in [-0.4, -0.2) is 37.5 Å². The van der Waals surface area contributed by atoms with Gasteiger partial charge in [0, 0.05) is 17.1 Å². The predicted octanol–water partition coefficient (Wildman–Crippen LogP) is 5.40. The lowest BCUT2D eigenvalue weighted by atomic mass is 10.0. The van der Waals surface area contributed by atoms with Gasteiger partial charge in [0.1, 0.15) is 17.2 Å². The Kier molecular flexibility index (Phi) is 7.34. The molecule has 13 heteroatoms. The molecule has 0 amide bonds. The van der Waals surface area contributed by atoms with Crippen molar-refractivity contribution < 1.29 is 39.9 Å². The van der Waals surface area contributed by atoms with Crippen LogP contribution in [0.15, 0.2) is 65.9 Å². The third-order valence-corrected chi connectivity index (χ3v) is 6.49. The number of anilines is 1. The summed E-state index contributed by atoms with van der Waals surface area (Å²) < 4.78 is 100. The summed E-state index contributed by atoms with van der Waals surface area (Å²) in [6, 6.07) is 2.85. The number of halogens is 5. The van der Waals surface area contributed by atoms with Gasteiger partial charge in [-0.1, -0.05) is 12.7 Å². The Morgan fingerprint density at radius 2 is 1.92 bits per heavy atom. The fourth-order valence-corrected chi connectivity index (χ4v) is 3.91. The van der Waals surface area contributed by atoms with Crippen molar-refractivity contribution in [2.75, 3.05) is 11.8 Å². The molecule has 2 heterocycles. The highest BCUT2D eigenvalue weighted by atomic mass is 32.2. The molecule has 1 aromatic carbocycles. The van der Waals surface area contributed by atoms with Crippen molar-refractivity contribution in [3.8, 4) is 5.75 Å². The molecule has 3 rings (SSSR count). The molecule has 7 nitrogen and oxygen atoms in total. The molecule has 0 unspecified atom stereocenters. The second-order valence-electron chi connectivity index (χ2n) is 7.29. The van der Waals surface area contributed by atoms with Crippen molar-refractivity contribution in [1.82, 2.24) is 9.97 Å². The largest absolute Gasteiger partial charge is 0.495 e. The number of rotatable bonds is 8. The quantitative estimate of drug-likeness (QED) is 0.232. The number of aromatic nitrogens is 2. The lowest BCUT2D eigenvalue weighted by molar-refractivity contribution is -0.0881. The molecule has 0 bridgehead atoms. The molecule has 2 aromatic heterocycles. The van der Waals surface area contributed by atoms with E-state index in [9.17, 15) is 30.8 Å². The normalized spacial score (nSPS) is 13.1. The SMILES string of the molecule is C=C/C(=C\C=C(/C)S(=O)(=O)Nc1ccc(F)c(C(=O)c2c[nH]c3ncc(OC)cc23)c1F)C(F)(F)F. The number of ether oxygens (including phenoxy) is 1. The van der Waals surface area contributed by atoms with Crippen LogP contribution in [-0.2, 0) is 10.0 Å². The van der Waals surface area contributed by atoms with E-state index in [1.807, 2.05) is 4.72 Å². The highest BCUT2D eigenvalue weighted by Gasteiger charge is 2.31. The minimum Gasteiger partial charge on any atom is -0.495 e. The first-order valence-corrected chi connectivity index (χ1v) is 11.4. The fourth-order valence-electron chi connectivity index (χ4n) is 3.06. The number of sulfonamides is 1. The average molecular weight is 527 g/mol. The fraction of sp³-hybridized carbons (Fsp3) is 0.130. The van der Waals surface area contributed by atoms with E-state index in [1.165, 1.54) is 25.6 Å². The van der Waals surface area contributed by atoms with Gasteiger partial charge in [0.2, 0.25) is 5.78 Å². The maximum absolute atomic E-state index is 15.2. The Balaban J connectivity index is 2.00. The van der Waals surface area contributed by atoms with Crippen LogP contribution in [0.1, 0.15) is 22.8 Å². The minimum atomic E-state index is -4.77. The van der Waals surface area contributed by atoms with E-state index < -0.39 is 55.3 Å².